The van der Waals surface area contributed by atoms with Gasteiger partial charge in [0.15, 0.2) is 5.78 Å². The molecule has 0 spiro atoms. The number of carbonyl (C=O) groups excluding carboxylic acids is 1. The summed E-state index contributed by atoms with van der Waals surface area (Å²) in [5, 5.41) is 19.9. The average Bonchev–Trinajstić information content (AvgIpc) is 2.56. The molecule has 0 amide bonds. The second-order valence-corrected chi connectivity index (χ2v) is 5.67. The predicted molar refractivity (Wildman–Crippen MR) is 84.5 cm³/mol. The summed E-state index contributed by atoms with van der Waals surface area (Å²) in [7, 11) is 1.60. The van der Waals surface area contributed by atoms with Crippen LogP contribution >= 0.6 is 0 Å². The topological polar surface area (TPSA) is 76.0 Å². The summed E-state index contributed by atoms with van der Waals surface area (Å²) in [6.45, 7) is 1.78. The number of ketones is 1. The van der Waals surface area contributed by atoms with Crippen LogP contribution in [-0.2, 0) is 6.42 Å². The summed E-state index contributed by atoms with van der Waals surface area (Å²) in [6.07, 6.45) is 0.516. The molecule has 5 heteroatoms. The first kappa shape index (κ1) is 15.2. The van der Waals surface area contributed by atoms with Gasteiger partial charge in [-0.3, -0.25) is 4.79 Å². The Morgan fingerprint density at radius 3 is 2.61 bits per heavy atom. The Bertz CT molecular complexity index is 749. The number of phenols is 2. The summed E-state index contributed by atoms with van der Waals surface area (Å²) in [6, 6.07) is 8.88. The third-order valence-corrected chi connectivity index (χ3v) is 4.19. The molecule has 2 N–H and O–H groups in total. The summed E-state index contributed by atoms with van der Waals surface area (Å²) in [5.74, 6) is 0.177. The molecule has 23 heavy (non-hydrogen) atoms. The predicted octanol–water partition coefficient (Wildman–Crippen LogP) is 2.85. The molecule has 0 bridgehead atoms. The standard InChI is InChI=1S/C18H18O5/c1-10-14(19)8-15-16(17(10)20)18(21)12(9-23-15)7-11-3-5-13(22-2)6-4-11/h3-6,8,12,19-20H,7,9H2,1-2H3. The molecule has 5 nitrogen and oxygen atoms in total. The van der Waals surface area contributed by atoms with Crippen molar-refractivity contribution in [3.8, 4) is 23.0 Å². The molecular weight excluding hydrogens is 296 g/mol. The molecule has 0 radical (unpaired) electrons. The Labute approximate surface area is 134 Å². The van der Waals surface area contributed by atoms with E-state index in [0.717, 1.165) is 11.3 Å². The van der Waals surface area contributed by atoms with Crippen LogP contribution < -0.4 is 9.47 Å². The number of benzene rings is 2. The minimum atomic E-state index is -0.370. The van der Waals surface area contributed by atoms with Crippen molar-refractivity contribution in [3.05, 3.63) is 47.0 Å². The normalized spacial score (nSPS) is 16.6. The molecule has 1 aliphatic heterocycles. The molecule has 2 aromatic carbocycles. The van der Waals surface area contributed by atoms with E-state index in [-0.39, 0.29) is 46.7 Å². The maximum Gasteiger partial charge on any atom is 0.177 e. The third kappa shape index (κ3) is 2.70. The fourth-order valence-electron chi connectivity index (χ4n) is 2.75. The fourth-order valence-corrected chi connectivity index (χ4v) is 2.75. The van der Waals surface area contributed by atoms with Crippen molar-refractivity contribution in [2.24, 2.45) is 5.92 Å². The van der Waals surface area contributed by atoms with Crippen LogP contribution in [0.25, 0.3) is 0 Å². The monoisotopic (exact) mass is 314 g/mol. The van der Waals surface area contributed by atoms with Gasteiger partial charge < -0.3 is 19.7 Å². The quantitative estimate of drug-likeness (QED) is 0.911. The van der Waals surface area contributed by atoms with E-state index in [1.807, 2.05) is 24.3 Å². The van der Waals surface area contributed by atoms with Gasteiger partial charge in [0, 0.05) is 11.6 Å². The molecule has 1 heterocycles. The Kier molecular flexibility index (Phi) is 3.86. The van der Waals surface area contributed by atoms with Gasteiger partial charge in [0.2, 0.25) is 0 Å². The van der Waals surface area contributed by atoms with Gasteiger partial charge in [0.05, 0.1) is 19.6 Å². The SMILES string of the molecule is COc1ccc(CC2COc3cc(O)c(C)c(O)c3C2=O)cc1. The van der Waals surface area contributed by atoms with Crippen LogP contribution in [0.3, 0.4) is 0 Å². The lowest BCUT2D eigenvalue weighted by Crippen LogP contribution is -2.29. The van der Waals surface area contributed by atoms with Crippen molar-refractivity contribution in [2.75, 3.05) is 13.7 Å². The lowest BCUT2D eigenvalue weighted by atomic mass is 9.88. The van der Waals surface area contributed by atoms with Gasteiger partial charge in [-0.15, -0.1) is 0 Å². The zero-order valence-corrected chi connectivity index (χ0v) is 13.0. The van der Waals surface area contributed by atoms with Crippen LogP contribution in [0, 0.1) is 12.8 Å². The average molecular weight is 314 g/mol. The van der Waals surface area contributed by atoms with E-state index in [9.17, 15) is 15.0 Å². The summed E-state index contributed by atoms with van der Waals surface area (Å²) >= 11 is 0. The number of hydrogen-bond donors (Lipinski definition) is 2. The van der Waals surface area contributed by atoms with E-state index in [1.165, 1.54) is 6.07 Å². The fraction of sp³-hybridized carbons (Fsp3) is 0.278. The van der Waals surface area contributed by atoms with E-state index < -0.39 is 0 Å². The van der Waals surface area contributed by atoms with Gasteiger partial charge in [-0.2, -0.15) is 0 Å². The van der Waals surface area contributed by atoms with Crippen LogP contribution in [0.5, 0.6) is 23.0 Å². The van der Waals surface area contributed by atoms with Crippen LogP contribution in [-0.4, -0.2) is 29.7 Å². The van der Waals surface area contributed by atoms with Crippen molar-refractivity contribution in [1.29, 1.82) is 0 Å². The second-order valence-electron chi connectivity index (χ2n) is 5.67. The zero-order valence-electron chi connectivity index (χ0n) is 13.0. The molecule has 1 unspecified atom stereocenters. The maximum atomic E-state index is 12.7. The number of carbonyl (C=O) groups is 1. The van der Waals surface area contributed by atoms with E-state index in [2.05, 4.69) is 0 Å². The van der Waals surface area contributed by atoms with Crippen molar-refractivity contribution < 1.29 is 24.5 Å². The van der Waals surface area contributed by atoms with E-state index in [4.69, 9.17) is 9.47 Å². The molecule has 0 saturated carbocycles. The Morgan fingerprint density at radius 1 is 1.26 bits per heavy atom. The van der Waals surface area contributed by atoms with E-state index >= 15 is 0 Å². The summed E-state index contributed by atoms with van der Waals surface area (Å²) < 4.78 is 10.7. The van der Waals surface area contributed by atoms with Crippen LogP contribution in [0.15, 0.2) is 30.3 Å². The van der Waals surface area contributed by atoms with Crippen molar-refractivity contribution in [1.82, 2.24) is 0 Å². The molecule has 1 aliphatic rings. The Balaban J connectivity index is 1.87. The summed E-state index contributed by atoms with van der Waals surface area (Å²) in [4.78, 5) is 12.7. The number of ether oxygens (including phenoxy) is 2. The maximum absolute atomic E-state index is 12.7. The first-order valence-electron chi connectivity index (χ1n) is 7.36. The van der Waals surface area contributed by atoms with Gasteiger partial charge in [0.25, 0.3) is 0 Å². The van der Waals surface area contributed by atoms with Crippen molar-refractivity contribution >= 4 is 5.78 Å². The highest BCUT2D eigenvalue weighted by atomic mass is 16.5. The Hall–Kier alpha value is -2.69. The molecule has 0 aromatic heterocycles. The third-order valence-electron chi connectivity index (χ3n) is 4.19. The first-order chi connectivity index (χ1) is 11.0. The molecule has 2 aromatic rings. The molecule has 1 atom stereocenters. The molecule has 0 fully saturated rings. The van der Waals surface area contributed by atoms with E-state index in [0.29, 0.717) is 6.42 Å². The largest absolute Gasteiger partial charge is 0.507 e. The smallest absolute Gasteiger partial charge is 0.177 e. The van der Waals surface area contributed by atoms with Crippen LogP contribution in [0.4, 0.5) is 0 Å². The highest BCUT2D eigenvalue weighted by molar-refractivity contribution is 6.04. The van der Waals surface area contributed by atoms with Crippen LogP contribution in [0.1, 0.15) is 21.5 Å². The zero-order chi connectivity index (χ0) is 16.6. The van der Waals surface area contributed by atoms with Gasteiger partial charge in [-0.05, 0) is 31.0 Å². The number of aromatic hydroxyl groups is 2. The van der Waals surface area contributed by atoms with E-state index in [1.54, 1.807) is 14.0 Å². The molecule has 0 aliphatic carbocycles. The van der Waals surface area contributed by atoms with Gasteiger partial charge in [0.1, 0.15) is 28.6 Å². The van der Waals surface area contributed by atoms with Crippen molar-refractivity contribution in [3.63, 3.8) is 0 Å². The number of phenolic OH excluding ortho intramolecular Hbond substituents is 2. The lowest BCUT2D eigenvalue weighted by Gasteiger charge is -2.25. The minimum absolute atomic E-state index is 0.0809. The Morgan fingerprint density at radius 2 is 1.96 bits per heavy atom. The minimum Gasteiger partial charge on any atom is -0.507 e. The van der Waals surface area contributed by atoms with Gasteiger partial charge >= 0.3 is 0 Å². The van der Waals surface area contributed by atoms with Gasteiger partial charge in [-0.25, -0.2) is 0 Å². The second kappa shape index (κ2) is 5.83. The highest BCUT2D eigenvalue weighted by Gasteiger charge is 2.33. The van der Waals surface area contributed by atoms with Gasteiger partial charge in [-0.1, -0.05) is 12.1 Å². The van der Waals surface area contributed by atoms with Crippen molar-refractivity contribution in [2.45, 2.75) is 13.3 Å². The molecular formula is C18H18O5. The number of fused-ring (bicyclic) bond motifs is 1. The molecule has 120 valence electrons. The summed E-state index contributed by atoms with van der Waals surface area (Å²) in [5.41, 5.74) is 1.43. The number of methoxy groups -OCH3 is 1. The number of hydrogen-bond acceptors (Lipinski definition) is 5. The molecule has 3 rings (SSSR count). The van der Waals surface area contributed by atoms with Crippen LogP contribution in [0.2, 0.25) is 0 Å². The highest BCUT2D eigenvalue weighted by Crippen LogP contribution is 2.41. The first-order valence-corrected chi connectivity index (χ1v) is 7.36. The number of Topliss-reactive ketones (excluding diaryl/α,β-unsaturated/α-hetero) is 1. The number of rotatable bonds is 3. The lowest BCUT2D eigenvalue weighted by molar-refractivity contribution is 0.0825. The molecule has 0 saturated heterocycles.